The molecule has 0 aromatic carbocycles. The number of rotatable bonds is 4. The summed E-state index contributed by atoms with van der Waals surface area (Å²) in [5.74, 6) is 0. The van der Waals surface area contributed by atoms with Gasteiger partial charge in [-0.05, 0) is 31.0 Å². The van der Waals surface area contributed by atoms with Gasteiger partial charge in [-0.1, -0.05) is 20.8 Å². The predicted molar refractivity (Wildman–Crippen MR) is 70.2 cm³/mol. The van der Waals surface area contributed by atoms with E-state index in [-0.39, 0.29) is 17.7 Å². The van der Waals surface area contributed by atoms with E-state index in [9.17, 15) is 0 Å². The molecule has 0 aromatic heterocycles. The van der Waals surface area contributed by atoms with Gasteiger partial charge in [0, 0.05) is 18.7 Å². The van der Waals surface area contributed by atoms with Crippen LogP contribution in [0.5, 0.6) is 0 Å². The van der Waals surface area contributed by atoms with E-state index < -0.39 is 8.32 Å². The lowest BCUT2D eigenvalue weighted by Gasteiger charge is -2.37. The number of hydrogen-bond donors (Lipinski definition) is 2. The highest BCUT2D eigenvalue weighted by molar-refractivity contribution is 6.74. The number of nitrogens with one attached hydrogen (secondary N) is 1. The van der Waals surface area contributed by atoms with Gasteiger partial charge in [-0.3, -0.25) is 0 Å². The molecule has 2 N–H and O–H groups in total. The molecule has 16 heavy (non-hydrogen) atoms. The first-order chi connectivity index (χ1) is 7.26. The van der Waals surface area contributed by atoms with Gasteiger partial charge in [0.25, 0.3) is 0 Å². The molecule has 0 radical (unpaired) electrons. The Bertz CT molecular complexity index is 226. The summed E-state index contributed by atoms with van der Waals surface area (Å²) in [4.78, 5) is 0. The largest absolute Gasteiger partial charge is 0.415 e. The minimum Gasteiger partial charge on any atom is -0.415 e. The van der Waals surface area contributed by atoms with Crippen LogP contribution in [0, 0.1) is 0 Å². The molecule has 1 aliphatic rings. The monoisotopic (exact) mass is 245 g/mol. The minimum atomic E-state index is -1.61. The van der Waals surface area contributed by atoms with Crippen LogP contribution in [0.2, 0.25) is 18.1 Å². The molecule has 0 aliphatic carbocycles. The van der Waals surface area contributed by atoms with Crippen molar-refractivity contribution in [2.75, 3.05) is 13.2 Å². The minimum absolute atomic E-state index is 0.247. The average Bonchev–Trinajstić information content (AvgIpc) is 2.60. The van der Waals surface area contributed by atoms with E-state index in [0.29, 0.717) is 6.04 Å². The standard InChI is InChI=1S/C12H27NO2Si/c1-12(2,3)16(4,5)15-9-11-7-6-10(8-14)13-11/h10-11,13-14H,6-9H2,1-5H3/t10-,11+/m1/s1. The van der Waals surface area contributed by atoms with E-state index in [1.807, 2.05) is 0 Å². The van der Waals surface area contributed by atoms with Gasteiger partial charge in [-0.15, -0.1) is 0 Å². The van der Waals surface area contributed by atoms with E-state index in [1.165, 1.54) is 0 Å². The Morgan fingerprint density at radius 1 is 1.25 bits per heavy atom. The second kappa shape index (κ2) is 5.17. The Labute approximate surface area is 101 Å². The third-order valence-electron chi connectivity index (χ3n) is 4.01. The van der Waals surface area contributed by atoms with Crippen LogP contribution in [-0.2, 0) is 4.43 Å². The van der Waals surface area contributed by atoms with Crippen molar-refractivity contribution in [2.45, 2.75) is 63.8 Å². The zero-order chi connectivity index (χ0) is 12.4. The fourth-order valence-electron chi connectivity index (χ4n) is 1.70. The summed E-state index contributed by atoms with van der Waals surface area (Å²) in [7, 11) is -1.61. The van der Waals surface area contributed by atoms with Crippen LogP contribution < -0.4 is 5.32 Å². The fourth-order valence-corrected chi connectivity index (χ4v) is 2.75. The molecule has 1 rings (SSSR count). The van der Waals surface area contributed by atoms with Crippen molar-refractivity contribution in [3.05, 3.63) is 0 Å². The molecule has 3 nitrogen and oxygen atoms in total. The third kappa shape index (κ3) is 3.55. The normalized spacial score (nSPS) is 27.4. The average molecular weight is 245 g/mol. The molecule has 4 heteroatoms. The van der Waals surface area contributed by atoms with Crippen LogP contribution in [-0.4, -0.2) is 38.7 Å². The molecule has 1 aliphatic heterocycles. The van der Waals surface area contributed by atoms with Crippen LogP contribution in [0.1, 0.15) is 33.6 Å². The van der Waals surface area contributed by atoms with E-state index >= 15 is 0 Å². The number of aliphatic hydroxyl groups is 1. The first kappa shape index (κ1) is 14.2. The quantitative estimate of drug-likeness (QED) is 0.746. The molecule has 0 aromatic rings. The molecule has 0 unspecified atom stereocenters. The second-order valence-electron chi connectivity index (χ2n) is 6.39. The predicted octanol–water partition coefficient (Wildman–Crippen LogP) is 2.12. The molecular weight excluding hydrogens is 218 g/mol. The van der Waals surface area contributed by atoms with Crippen LogP contribution in [0.3, 0.4) is 0 Å². The Morgan fingerprint density at radius 2 is 1.81 bits per heavy atom. The van der Waals surface area contributed by atoms with Gasteiger partial charge < -0.3 is 14.8 Å². The van der Waals surface area contributed by atoms with Crippen molar-refractivity contribution in [1.82, 2.24) is 5.32 Å². The highest BCUT2D eigenvalue weighted by Crippen LogP contribution is 2.36. The van der Waals surface area contributed by atoms with E-state index in [0.717, 1.165) is 19.4 Å². The highest BCUT2D eigenvalue weighted by Gasteiger charge is 2.38. The zero-order valence-corrected chi connectivity index (χ0v) is 12.3. The summed E-state index contributed by atoms with van der Waals surface area (Å²) in [5, 5.41) is 12.7. The Kier molecular flexibility index (Phi) is 4.57. The molecule has 96 valence electrons. The summed E-state index contributed by atoms with van der Waals surface area (Å²) in [5.41, 5.74) is 0. The molecule has 0 saturated carbocycles. The topological polar surface area (TPSA) is 41.5 Å². The van der Waals surface area contributed by atoms with Crippen LogP contribution in [0.25, 0.3) is 0 Å². The van der Waals surface area contributed by atoms with Gasteiger partial charge >= 0.3 is 0 Å². The number of aliphatic hydroxyl groups excluding tert-OH is 1. The first-order valence-corrected chi connectivity index (χ1v) is 9.18. The van der Waals surface area contributed by atoms with Gasteiger partial charge in [0.1, 0.15) is 0 Å². The third-order valence-corrected chi connectivity index (χ3v) is 8.51. The van der Waals surface area contributed by atoms with Crippen molar-refractivity contribution < 1.29 is 9.53 Å². The molecule has 1 fully saturated rings. The molecule has 2 atom stereocenters. The summed E-state index contributed by atoms with van der Waals surface area (Å²) < 4.78 is 6.17. The molecule has 1 heterocycles. The zero-order valence-electron chi connectivity index (χ0n) is 11.3. The fraction of sp³-hybridized carbons (Fsp3) is 1.00. The Hall–Kier alpha value is 0.0969. The van der Waals surface area contributed by atoms with Gasteiger partial charge in [0.2, 0.25) is 0 Å². The van der Waals surface area contributed by atoms with E-state index in [4.69, 9.17) is 9.53 Å². The SMILES string of the molecule is CC(C)(C)[Si](C)(C)OC[C@@H]1CC[C@H](CO)N1. The Morgan fingerprint density at radius 3 is 2.25 bits per heavy atom. The maximum absolute atomic E-state index is 9.05. The smallest absolute Gasteiger partial charge is 0.192 e. The lowest BCUT2D eigenvalue weighted by Crippen LogP contribution is -2.44. The molecule has 0 bridgehead atoms. The van der Waals surface area contributed by atoms with Gasteiger partial charge in [-0.2, -0.15) is 0 Å². The number of hydrogen-bond acceptors (Lipinski definition) is 3. The molecule has 1 saturated heterocycles. The Balaban J connectivity index is 2.35. The van der Waals surface area contributed by atoms with Gasteiger partial charge in [0.05, 0.1) is 6.61 Å². The molecule has 0 spiro atoms. The van der Waals surface area contributed by atoms with Crippen LogP contribution in [0.4, 0.5) is 0 Å². The van der Waals surface area contributed by atoms with Crippen molar-refractivity contribution in [3.63, 3.8) is 0 Å². The van der Waals surface area contributed by atoms with Crippen molar-refractivity contribution >= 4 is 8.32 Å². The van der Waals surface area contributed by atoms with E-state index in [2.05, 4.69) is 39.2 Å². The lowest BCUT2D eigenvalue weighted by molar-refractivity contribution is 0.227. The summed E-state index contributed by atoms with van der Waals surface area (Å²) in [6.07, 6.45) is 2.20. The van der Waals surface area contributed by atoms with Crippen LogP contribution >= 0.6 is 0 Å². The second-order valence-corrected chi connectivity index (χ2v) is 11.2. The first-order valence-electron chi connectivity index (χ1n) is 6.27. The maximum Gasteiger partial charge on any atom is 0.192 e. The molecular formula is C12H27NO2Si. The molecule has 0 amide bonds. The van der Waals surface area contributed by atoms with Crippen LogP contribution in [0.15, 0.2) is 0 Å². The van der Waals surface area contributed by atoms with Gasteiger partial charge in [-0.25, -0.2) is 0 Å². The van der Waals surface area contributed by atoms with Gasteiger partial charge in [0.15, 0.2) is 8.32 Å². The van der Waals surface area contributed by atoms with Crippen molar-refractivity contribution in [2.24, 2.45) is 0 Å². The highest BCUT2D eigenvalue weighted by atomic mass is 28.4. The lowest BCUT2D eigenvalue weighted by atomic mass is 10.2. The van der Waals surface area contributed by atoms with Crippen molar-refractivity contribution in [3.8, 4) is 0 Å². The summed E-state index contributed by atoms with van der Waals surface area (Å²) in [6.45, 7) is 12.4. The summed E-state index contributed by atoms with van der Waals surface area (Å²) in [6, 6.07) is 0.722. The summed E-state index contributed by atoms with van der Waals surface area (Å²) >= 11 is 0. The van der Waals surface area contributed by atoms with Crippen molar-refractivity contribution in [1.29, 1.82) is 0 Å². The van der Waals surface area contributed by atoms with E-state index in [1.54, 1.807) is 0 Å². The maximum atomic E-state index is 9.05.